The normalized spacial score (nSPS) is 11.6. The number of benzene rings is 1. The van der Waals surface area contributed by atoms with E-state index in [9.17, 15) is 4.21 Å². The highest BCUT2D eigenvalue weighted by Gasteiger charge is 2.12. The summed E-state index contributed by atoms with van der Waals surface area (Å²) in [7, 11) is 0.214. The Bertz CT molecular complexity index is 695. The third-order valence-electron chi connectivity index (χ3n) is 2.75. The van der Waals surface area contributed by atoms with E-state index in [0.717, 1.165) is 0 Å². The number of rotatable bonds is 4. The highest BCUT2D eigenvalue weighted by atomic mass is 32.2. The van der Waals surface area contributed by atoms with Crippen LogP contribution in [0.15, 0.2) is 41.6 Å². The Hall–Kier alpha value is -2.39. The van der Waals surface area contributed by atoms with Crippen molar-refractivity contribution in [3.05, 3.63) is 47.8 Å². The summed E-state index contributed by atoms with van der Waals surface area (Å²) in [6.07, 6.45) is 3.02. The summed E-state index contributed by atoms with van der Waals surface area (Å²) in [5.41, 5.74) is 7.36. The van der Waals surface area contributed by atoms with Gasteiger partial charge in [-0.3, -0.25) is 9.19 Å². The van der Waals surface area contributed by atoms with Gasteiger partial charge in [0, 0.05) is 11.8 Å². The molecule has 0 bridgehead atoms. The lowest BCUT2D eigenvalue weighted by molar-refractivity contribution is 0.411. The van der Waals surface area contributed by atoms with Gasteiger partial charge >= 0.3 is 0 Å². The van der Waals surface area contributed by atoms with Crippen LogP contribution >= 0.6 is 0 Å². The molecule has 0 spiro atoms. The summed E-state index contributed by atoms with van der Waals surface area (Å²) >= 11 is 0. The first-order valence-electron chi connectivity index (χ1n) is 5.80. The molecule has 1 heterocycles. The number of nitrogens with zero attached hydrogens (tertiary/aromatic N) is 2. The number of nitriles is 1. The van der Waals surface area contributed by atoms with Crippen LogP contribution in [0.2, 0.25) is 0 Å². The molecule has 0 aliphatic heterocycles. The number of hydrogen-bond acceptors (Lipinski definition) is 5. The Morgan fingerprint density at radius 2 is 2.25 bits per heavy atom. The topological polar surface area (TPSA) is 89.0 Å². The number of nitrogens with two attached hydrogens (primary N) is 1. The average Bonchev–Trinajstić information content (AvgIpc) is 2.47. The summed E-state index contributed by atoms with van der Waals surface area (Å²) in [4.78, 5) is 4.40. The van der Waals surface area contributed by atoms with E-state index in [1.54, 1.807) is 30.5 Å². The molecule has 5 nitrogen and oxygen atoms in total. The van der Waals surface area contributed by atoms with Gasteiger partial charge in [-0.05, 0) is 24.3 Å². The van der Waals surface area contributed by atoms with Crippen molar-refractivity contribution in [2.75, 3.05) is 12.8 Å². The minimum Gasteiger partial charge on any atom is -0.496 e. The van der Waals surface area contributed by atoms with E-state index in [0.29, 0.717) is 27.5 Å². The fraction of sp³-hybridized carbons (Fsp3) is 0.143. The maximum atomic E-state index is 12.4. The van der Waals surface area contributed by atoms with Gasteiger partial charge in [-0.15, -0.1) is 0 Å². The molecule has 102 valence electrons. The minimum atomic E-state index is -1.32. The van der Waals surface area contributed by atoms with Crippen LogP contribution in [-0.4, -0.2) is 16.3 Å². The van der Waals surface area contributed by atoms with E-state index >= 15 is 0 Å². The molecule has 1 aromatic carbocycles. The van der Waals surface area contributed by atoms with Crippen molar-refractivity contribution >= 4 is 16.5 Å². The molecule has 0 saturated heterocycles. The standard InChI is InChI=1S/C14H13N3O2S/c1-19-13-3-2-10(7-15)6-11(13)9-20(18)14-4-5-17-8-12(14)16/h2-6,8H,9,16H2,1H3. The molecule has 0 aliphatic rings. The molecule has 6 heteroatoms. The van der Waals surface area contributed by atoms with Crippen LogP contribution in [0, 0.1) is 11.3 Å². The van der Waals surface area contributed by atoms with Crippen LogP contribution in [-0.2, 0) is 16.6 Å². The predicted octanol–water partition coefficient (Wildman–Crippen LogP) is 1.85. The molecule has 2 rings (SSSR count). The van der Waals surface area contributed by atoms with Crippen LogP contribution in [0.5, 0.6) is 5.75 Å². The van der Waals surface area contributed by atoms with E-state index in [4.69, 9.17) is 15.7 Å². The van der Waals surface area contributed by atoms with Crippen LogP contribution in [0.1, 0.15) is 11.1 Å². The van der Waals surface area contributed by atoms with Gasteiger partial charge in [-0.1, -0.05) is 0 Å². The van der Waals surface area contributed by atoms with E-state index in [1.807, 2.05) is 0 Å². The van der Waals surface area contributed by atoms with Crippen LogP contribution in [0.25, 0.3) is 0 Å². The molecular weight excluding hydrogens is 274 g/mol. The van der Waals surface area contributed by atoms with E-state index in [-0.39, 0.29) is 5.75 Å². The second-order valence-electron chi connectivity index (χ2n) is 4.04. The maximum Gasteiger partial charge on any atom is 0.123 e. The number of pyridine rings is 1. The minimum absolute atomic E-state index is 0.229. The number of anilines is 1. The summed E-state index contributed by atoms with van der Waals surface area (Å²) in [6, 6.07) is 8.71. The van der Waals surface area contributed by atoms with Crippen molar-refractivity contribution in [3.63, 3.8) is 0 Å². The van der Waals surface area contributed by atoms with Crippen molar-refractivity contribution in [3.8, 4) is 11.8 Å². The molecule has 2 N–H and O–H groups in total. The zero-order valence-corrected chi connectivity index (χ0v) is 11.7. The summed E-state index contributed by atoms with van der Waals surface area (Å²) in [5.74, 6) is 0.831. The van der Waals surface area contributed by atoms with Gasteiger partial charge < -0.3 is 10.5 Å². The van der Waals surface area contributed by atoms with Crippen LogP contribution in [0.4, 0.5) is 5.69 Å². The molecule has 0 aliphatic carbocycles. The Morgan fingerprint density at radius 3 is 2.90 bits per heavy atom. The molecular formula is C14H13N3O2S. The highest BCUT2D eigenvalue weighted by Crippen LogP contribution is 2.24. The lowest BCUT2D eigenvalue weighted by Gasteiger charge is -2.09. The fourth-order valence-electron chi connectivity index (χ4n) is 1.78. The van der Waals surface area contributed by atoms with Gasteiger partial charge in [0.05, 0.1) is 52.1 Å². The van der Waals surface area contributed by atoms with Crippen molar-refractivity contribution in [2.45, 2.75) is 10.6 Å². The molecule has 2 aromatic rings. The fourth-order valence-corrected chi connectivity index (χ4v) is 2.97. The number of nitrogen functional groups attached to an aromatic ring is 1. The summed E-state index contributed by atoms with van der Waals surface area (Å²) in [5, 5.41) is 8.93. The van der Waals surface area contributed by atoms with Gasteiger partial charge in [0.2, 0.25) is 0 Å². The van der Waals surface area contributed by atoms with Gasteiger partial charge in [0.25, 0.3) is 0 Å². The number of hydrogen-bond donors (Lipinski definition) is 1. The van der Waals surface area contributed by atoms with Crippen molar-refractivity contribution in [1.29, 1.82) is 5.26 Å². The summed E-state index contributed by atoms with van der Waals surface area (Å²) < 4.78 is 17.6. The first kappa shape index (κ1) is 14.0. The molecule has 1 unspecified atom stereocenters. The zero-order chi connectivity index (χ0) is 14.5. The van der Waals surface area contributed by atoms with E-state index in [1.165, 1.54) is 13.3 Å². The second kappa shape index (κ2) is 6.17. The van der Waals surface area contributed by atoms with Gasteiger partial charge in [-0.2, -0.15) is 5.26 Å². The quantitative estimate of drug-likeness (QED) is 0.927. The third-order valence-corrected chi connectivity index (χ3v) is 4.19. The van der Waals surface area contributed by atoms with Crippen molar-refractivity contribution < 1.29 is 8.95 Å². The van der Waals surface area contributed by atoms with E-state index in [2.05, 4.69) is 11.1 Å². The Balaban J connectivity index is 2.32. The third kappa shape index (κ3) is 2.95. The van der Waals surface area contributed by atoms with Gasteiger partial charge in [0.15, 0.2) is 0 Å². The Labute approximate surface area is 119 Å². The van der Waals surface area contributed by atoms with E-state index < -0.39 is 10.8 Å². The predicted molar refractivity (Wildman–Crippen MR) is 76.5 cm³/mol. The number of aromatic nitrogens is 1. The van der Waals surface area contributed by atoms with Gasteiger partial charge in [-0.25, -0.2) is 0 Å². The Morgan fingerprint density at radius 1 is 1.45 bits per heavy atom. The molecule has 0 amide bonds. The number of ether oxygens (including phenoxy) is 1. The van der Waals surface area contributed by atoms with Crippen molar-refractivity contribution in [1.82, 2.24) is 4.98 Å². The maximum absolute atomic E-state index is 12.4. The smallest absolute Gasteiger partial charge is 0.123 e. The lowest BCUT2D eigenvalue weighted by atomic mass is 10.1. The largest absolute Gasteiger partial charge is 0.496 e. The molecule has 0 fully saturated rings. The molecule has 0 saturated carbocycles. The number of methoxy groups -OCH3 is 1. The molecule has 1 aromatic heterocycles. The second-order valence-corrected chi connectivity index (χ2v) is 5.46. The lowest BCUT2D eigenvalue weighted by Crippen LogP contribution is -2.03. The SMILES string of the molecule is COc1ccc(C#N)cc1CS(=O)c1ccncc1N. The molecule has 1 atom stereocenters. The average molecular weight is 287 g/mol. The van der Waals surface area contributed by atoms with Crippen LogP contribution < -0.4 is 10.5 Å². The zero-order valence-electron chi connectivity index (χ0n) is 10.9. The monoisotopic (exact) mass is 287 g/mol. The molecule has 20 heavy (non-hydrogen) atoms. The molecule has 0 radical (unpaired) electrons. The Kier molecular flexibility index (Phi) is 4.33. The first-order chi connectivity index (χ1) is 9.65. The van der Waals surface area contributed by atoms with Crippen LogP contribution in [0.3, 0.4) is 0 Å². The summed E-state index contributed by atoms with van der Waals surface area (Å²) in [6.45, 7) is 0. The first-order valence-corrected chi connectivity index (χ1v) is 7.12. The van der Waals surface area contributed by atoms with Crippen molar-refractivity contribution in [2.24, 2.45) is 0 Å². The van der Waals surface area contributed by atoms with Gasteiger partial charge in [0.1, 0.15) is 5.75 Å². The highest BCUT2D eigenvalue weighted by molar-refractivity contribution is 7.84.